The predicted molar refractivity (Wildman–Crippen MR) is 75.5 cm³/mol. The summed E-state index contributed by atoms with van der Waals surface area (Å²) in [5, 5.41) is 4.41. The molecule has 1 heterocycles. The first-order valence-corrected chi connectivity index (χ1v) is 8.95. The lowest BCUT2D eigenvalue weighted by atomic mass is 10.0. The molecule has 0 saturated carbocycles. The summed E-state index contributed by atoms with van der Waals surface area (Å²) in [6, 6.07) is 9.09. The molecule has 0 fully saturated rings. The molecular formula is C13H20ClNSi. The zero-order chi connectivity index (χ0) is 11.5. The minimum atomic E-state index is -0.554. The second-order valence-electron chi connectivity index (χ2n) is 4.70. The van der Waals surface area contributed by atoms with Crippen LogP contribution < -0.4 is 5.32 Å². The van der Waals surface area contributed by atoms with E-state index in [2.05, 4.69) is 31.3 Å². The maximum atomic E-state index is 6.19. The topological polar surface area (TPSA) is 12.0 Å². The van der Waals surface area contributed by atoms with Gasteiger partial charge < -0.3 is 5.32 Å². The standard InChI is InChI=1S/C13H20ClNSi/c1-3-16(4-2)11-8-10-6-5-7-12(14)13(10)15-9-11/h5-7,11,15-16H,3-4,8-9H2,1-2H3. The van der Waals surface area contributed by atoms with Gasteiger partial charge in [0.1, 0.15) is 0 Å². The van der Waals surface area contributed by atoms with E-state index in [1.165, 1.54) is 29.8 Å². The highest BCUT2D eigenvalue weighted by molar-refractivity contribution is 6.60. The van der Waals surface area contributed by atoms with E-state index >= 15 is 0 Å². The zero-order valence-corrected chi connectivity index (χ0v) is 12.0. The second-order valence-corrected chi connectivity index (χ2v) is 9.20. The highest BCUT2D eigenvalue weighted by Crippen LogP contribution is 2.35. The Bertz CT molecular complexity index is 363. The Morgan fingerprint density at radius 3 is 2.81 bits per heavy atom. The van der Waals surface area contributed by atoms with E-state index in [4.69, 9.17) is 11.6 Å². The van der Waals surface area contributed by atoms with Crippen molar-refractivity contribution in [2.75, 3.05) is 11.9 Å². The number of halogens is 1. The molecule has 1 nitrogen and oxygen atoms in total. The van der Waals surface area contributed by atoms with Crippen molar-refractivity contribution in [3.8, 4) is 0 Å². The first kappa shape index (κ1) is 12.0. The number of hydrogen-bond donors (Lipinski definition) is 1. The van der Waals surface area contributed by atoms with Gasteiger partial charge in [-0.25, -0.2) is 0 Å². The van der Waals surface area contributed by atoms with E-state index in [0.29, 0.717) is 0 Å². The van der Waals surface area contributed by atoms with Gasteiger partial charge in [0.15, 0.2) is 0 Å². The van der Waals surface area contributed by atoms with Crippen LogP contribution in [0.5, 0.6) is 0 Å². The Hall–Kier alpha value is -0.473. The van der Waals surface area contributed by atoms with Gasteiger partial charge in [-0.05, 0) is 23.6 Å². The summed E-state index contributed by atoms with van der Waals surface area (Å²) in [5.74, 6) is 0. The Kier molecular flexibility index (Phi) is 3.93. The van der Waals surface area contributed by atoms with Gasteiger partial charge in [0, 0.05) is 15.3 Å². The van der Waals surface area contributed by atoms with Crippen LogP contribution in [-0.4, -0.2) is 15.3 Å². The summed E-state index contributed by atoms with van der Waals surface area (Å²) >= 11 is 6.19. The summed E-state index contributed by atoms with van der Waals surface area (Å²) in [6.45, 7) is 5.84. The van der Waals surface area contributed by atoms with Crippen molar-refractivity contribution in [1.29, 1.82) is 0 Å². The maximum Gasteiger partial charge on any atom is 0.0640 e. The molecular weight excluding hydrogens is 234 g/mol. The molecule has 1 N–H and O–H groups in total. The largest absolute Gasteiger partial charge is 0.384 e. The lowest BCUT2D eigenvalue weighted by Gasteiger charge is -2.31. The van der Waals surface area contributed by atoms with Crippen molar-refractivity contribution in [2.24, 2.45) is 0 Å². The molecule has 1 atom stereocenters. The first-order valence-electron chi connectivity index (χ1n) is 6.27. The van der Waals surface area contributed by atoms with E-state index in [0.717, 1.165) is 17.1 Å². The van der Waals surface area contributed by atoms with E-state index in [-0.39, 0.29) is 0 Å². The molecule has 0 radical (unpaired) electrons. The van der Waals surface area contributed by atoms with E-state index in [1.807, 2.05) is 6.07 Å². The van der Waals surface area contributed by atoms with E-state index in [1.54, 1.807) is 0 Å². The lowest BCUT2D eigenvalue weighted by Crippen LogP contribution is -2.30. The third kappa shape index (κ3) is 2.28. The fourth-order valence-electron chi connectivity index (χ4n) is 2.81. The van der Waals surface area contributed by atoms with Gasteiger partial charge in [-0.2, -0.15) is 0 Å². The number of para-hydroxylation sites is 1. The molecule has 1 unspecified atom stereocenters. The van der Waals surface area contributed by atoms with Crippen LogP contribution in [-0.2, 0) is 6.42 Å². The van der Waals surface area contributed by atoms with Crippen LogP contribution in [0.2, 0.25) is 22.7 Å². The monoisotopic (exact) mass is 253 g/mol. The highest BCUT2D eigenvalue weighted by atomic mass is 35.5. The van der Waals surface area contributed by atoms with Crippen LogP contribution in [0.15, 0.2) is 18.2 Å². The Morgan fingerprint density at radius 1 is 1.38 bits per heavy atom. The van der Waals surface area contributed by atoms with Gasteiger partial charge in [-0.15, -0.1) is 0 Å². The number of fused-ring (bicyclic) bond motifs is 1. The third-order valence-electron chi connectivity index (χ3n) is 3.84. The predicted octanol–water partition coefficient (Wildman–Crippen LogP) is 3.95. The number of nitrogens with one attached hydrogen (secondary N) is 1. The van der Waals surface area contributed by atoms with E-state index < -0.39 is 8.80 Å². The zero-order valence-electron chi connectivity index (χ0n) is 10.1. The van der Waals surface area contributed by atoms with Gasteiger partial charge in [-0.3, -0.25) is 0 Å². The molecule has 1 aliphatic rings. The van der Waals surface area contributed by atoms with Crippen molar-refractivity contribution in [2.45, 2.75) is 37.9 Å². The molecule has 0 saturated heterocycles. The van der Waals surface area contributed by atoms with Crippen molar-refractivity contribution in [1.82, 2.24) is 0 Å². The number of hydrogen-bond acceptors (Lipinski definition) is 1. The Morgan fingerprint density at radius 2 is 2.12 bits per heavy atom. The lowest BCUT2D eigenvalue weighted by molar-refractivity contribution is 0.796. The van der Waals surface area contributed by atoms with Gasteiger partial charge in [0.05, 0.1) is 10.7 Å². The second kappa shape index (κ2) is 5.24. The van der Waals surface area contributed by atoms with Gasteiger partial charge in [0.2, 0.25) is 0 Å². The maximum absolute atomic E-state index is 6.19. The number of anilines is 1. The molecule has 16 heavy (non-hydrogen) atoms. The SMILES string of the molecule is CC[SiH](CC)C1CNc2c(Cl)cccc2C1. The van der Waals surface area contributed by atoms with Crippen LogP contribution in [0.1, 0.15) is 19.4 Å². The van der Waals surface area contributed by atoms with Crippen molar-refractivity contribution >= 4 is 26.1 Å². The van der Waals surface area contributed by atoms with Crippen molar-refractivity contribution in [3.05, 3.63) is 28.8 Å². The molecule has 0 spiro atoms. The smallest absolute Gasteiger partial charge is 0.0640 e. The summed E-state index contributed by atoms with van der Waals surface area (Å²) in [6.07, 6.45) is 1.24. The molecule has 0 amide bonds. The summed E-state index contributed by atoms with van der Waals surface area (Å²) < 4.78 is 0. The quantitative estimate of drug-likeness (QED) is 0.805. The van der Waals surface area contributed by atoms with Crippen LogP contribution in [0.4, 0.5) is 5.69 Å². The first-order chi connectivity index (χ1) is 7.76. The summed E-state index contributed by atoms with van der Waals surface area (Å²) in [7, 11) is -0.554. The number of benzene rings is 1. The van der Waals surface area contributed by atoms with Crippen LogP contribution in [0.25, 0.3) is 0 Å². The highest BCUT2D eigenvalue weighted by Gasteiger charge is 2.25. The molecule has 0 bridgehead atoms. The minimum Gasteiger partial charge on any atom is -0.384 e. The average molecular weight is 254 g/mol. The molecule has 3 heteroatoms. The van der Waals surface area contributed by atoms with Crippen molar-refractivity contribution in [3.63, 3.8) is 0 Å². The van der Waals surface area contributed by atoms with Crippen LogP contribution in [0, 0.1) is 0 Å². The van der Waals surface area contributed by atoms with Crippen LogP contribution >= 0.6 is 11.6 Å². The molecule has 1 aromatic carbocycles. The van der Waals surface area contributed by atoms with Gasteiger partial charge in [-0.1, -0.05) is 49.7 Å². The fourth-order valence-corrected chi connectivity index (χ4v) is 6.02. The molecule has 1 aliphatic heterocycles. The minimum absolute atomic E-state index is 0.554. The molecule has 0 aromatic heterocycles. The van der Waals surface area contributed by atoms with E-state index in [9.17, 15) is 0 Å². The summed E-state index contributed by atoms with van der Waals surface area (Å²) in [5.41, 5.74) is 3.50. The molecule has 0 aliphatic carbocycles. The Labute approximate surface area is 105 Å². The van der Waals surface area contributed by atoms with Crippen molar-refractivity contribution < 1.29 is 0 Å². The van der Waals surface area contributed by atoms with Gasteiger partial charge in [0.25, 0.3) is 0 Å². The third-order valence-corrected chi connectivity index (χ3v) is 8.06. The average Bonchev–Trinajstić information content (AvgIpc) is 2.31. The normalized spacial score (nSPS) is 19.4. The number of rotatable bonds is 3. The fraction of sp³-hybridized carbons (Fsp3) is 0.538. The Balaban J connectivity index is 2.17. The molecule has 2 rings (SSSR count). The molecule has 1 aromatic rings. The summed E-state index contributed by atoms with van der Waals surface area (Å²) in [4.78, 5) is 0. The van der Waals surface area contributed by atoms with Crippen LogP contribution in [0.3, 0.4) is 0 Å². The van der Waals surface area contributed by atoms with Gasteiger partial charge >= 0.3 is 0 Å². The molecule has 88 valence electrons.